The quantitative estimate of drug-likeness (QED) is 0.507. The van der Waals surface area contributed by atoms with Crippen molar-refractivity contribution in [2.24, 2.45) is 0 Å². The molecular weight excluding hydrogens is 319 g/mol. The SMILES string of the molecule is CCC[B]c1ccc(C(C)(c2ccc(O)cc2)c2ccc(O)cc2)cc1. The van der Waals surface area contributed by atoms with Gasteiger partial charge in [0.2, 0.25) is 0 Å². The second-order valence-electron chi connectivity index (χ2n) is 6.83. The number of phenolic OH excluding ortho intramolecular Hbond substituents is 2. The van der Waals surface area contributed by atoms with E-state index in [1.165, 1.54) is 11.0 Å². The first-order valence-corrected chi connectivity index (χ1v) is 9.07. The van der Waals surface area contributed by atoms with Gasteiger partial charge < -0.3 is 10.2 Å². The van der Waals surface area contributed by atoms with Gasteiger partial charge >= 0.3 is 0 Å². The van der Waals surface area contributed by atoms with E-state index in [1.807, 2.05) is 24.3 Å². The van der Waals surface area contributed by atoms with Crippen LogP contribution in [0.25, 0.3) is 0 Å². The Labute approximate surface area is 156 Å². The summed E-state index contributed by atoms with van der Waals surface area (Å²) in [4.78, 5) is 0. The highest BCUT2D eigenvalue weighted by molar-refractivity contribution is 6.53. The Bertz CT molecular complexity index is 791. The normalized spacial score (nSPS) is 11.3. The number of rotatable bonds is 6. The van der Waals surface area contributed by atoms with Crippen LogP contribution in [0.3, 0.4) is 0 Å². The fourth-order valence-corrected chi connectivity index (χ4v) is 3.35. The molecule has 2 nitrogen and oxygen atoms in total. The highest BCUT2D eigenvalue weighted by Gasteiger charge is 2.31. The summed E-state index contributed by atoms with van der Waals surface area (Å²) in [5.41, 5.74) is 4.19. The molecule has 3 rings (SSSR count). The van der Waals surface area contributed by atoms with Crippen LogP contribution in [-0.2, 0) is 5.41 Å². The first kappa shape index (κ1) is 18.1. The molecule has 3 aromatic carbocycles. The second-order valence-corrected chi connectivity index (χ2v) is 6.83. The van der Waals surface area contributed by atoms with Crippen LogP contribution in [0.4, 0.5) is 0 Å². The molecule has 0 saturated heterocycles. The molecule has 0 aromatic heterocycles. The molecule has 0 bridgehead atoms. The van der Waals surface area contributed by atoms with Crippen LogP contribution in [0.15, 0.2) is 72.8 Å². The molecule has 0 saturated carbocycles. The fourth-order valence-electron chi connectivity index (χ4n) is 3.35. The van der Waals surface area contributed by atoms with E-state index < -0.39 is 0 Å². The minimum atomic E-state index is -0.384. The second kappa shape index (κ2) is 7.69. The molecule has 0 unspecified atom stereocenters. The fraction of sp³-hybridized carbons (Fsp3) is 0.217. The van der Waals surface area contributed by atoms with Crippen LogP contribution in [0.1, 0.15) is 37.0 Å². The molecule has 3 heteroatoms. The van der Waals surface area contributed by atoms with Crippen LogP contribution in [-0.4, -0.2) is 17.5 Å². The highest BCUT2D eigenvalue weighted by Crippen LogP contribution is 2.39. The third-order valence-electron chi connectivity index (χ3n) is 5.05. The molecule has 131 valence electrons. The van der Waals surface area contributed by atoms with Gasteiger partial charge in [0.25, 0.3) is 0 Å². The van der Waals surface area contributed by atoms with Crippen LogP contribution >= 0.6 is 0 Å². The molecule has 0 fully saturated rings. The maximum Gasteiger partial charge on any atom is 0.151 e. The van der Waals surface area contributed by atoms with Crippen molar-refractivity contribution < 1.29 is 10.2 Å². The predicted molar refractivity (Wildman–Crippen MR) is 109 cm³/mol. The summed E-state index contributed by atoms with van der Waals surface area (Å²) in [6, 6.07) is 23.4. The van der Waals surface area contributed by atoms with Crippen LogP contribution in [0, 0.1) is 0 Å². The maximum absolute atomic E-state index is 9.68. The third kappa shape index (κ3) is 3.62. The lowest BCUT2D eigenvalue weighted by molar-refractivity contribution is 0.474. The lowest BCUT2D eigenvalue weighted by Gasteiger charge is -2.32. The van der Waals surface area contributed by atoms with E-state index in [1.54, 1.807) is 24.3 Å². The predicted octanol–water partition coefficient (Wildman–Crippen LogP) is 4.61. The van der Waals surface area contributed by atoms with Crippen molar-refractivity contribution in [3.63, 3.8) is 0 Å². The molecular formula is C23H24BO2. The monoisotopic (exact) mass is 343 g/mol. The van der Waals surface area contributed by atoms with Gasteiger partial charge in [-0.1, -0.05) is 73.7 Å². The largest absolute Gasteiger partial charge is 0.508 e. The van der Waals surface area contributed by atoms with Crippen molar-refractivity contribution in [3.8, 4) is 11.5 Å². The summed E-state index contributed by atoms with van der Waals surface area (Å²) in [5.74, 6) is 0.512. The Morgan fingerprint density at radius 3 is 1.46 bits per heavy atom. The summed E-state index contributed by atoms with van der Waals surface area (Å²) in [7, 11) is 2.25. The molecule has 26 heavy (non-hydrogen) atoms. The maximum atomic E-state index is 9.68. The van der Waals surface area contributed by atoms with Crippen molar-refractivity contribution in [1.29, 1.82) is 0 Å². The smallest absolute Gasteiger partial charge is 0.151 e. The van der Waals surface area contributed by atoms with Crippen LogP contribution in [0.2, 0.25) is 6.32 Å². The lowest BCUT2D eigenvalue weighted by Crippen LogP contribution is -2.26. The number of benzene rings is 3. The van der Waals surface area contributed by atoms with E-state index in [2.05, 4.69) is 45.4 Å². The van der Waals surface area contributed by atoms with E-state index in [0.717, 1.165) is 23.9 Å². The standard InChI is InChI=1S/C23H24BO2/c1-3-16-24-20-10-4-17(5-11-20)23(2,18-6-12-21(25)13-7-18)19-8-14-22(26)15-9-19/h4-15,25-26H,3,16H2,1-2H3. The van der Waals surface area contributed by atoms with Gasteiger partial charge in [-0.2, -0.15) is 0 Å². The van der Waals surface area contributed by atoms with Crippen LogP contribution in [0.5, 0.6) is 11.5 Å². The van der Waals surface area contributed by atoms with Crippen LogP contribution < -0.4 is 5.46 Å². The Hall–Kier alpha value is -2.68. The average Bonchev–Trinajstić information content (AvgIpc) is 2.67. The van der Waals surface area contributed by atoms with Gasteiger partial charge in [-0.15, -0.1) is 0 Å². The van der Waals surface area contributed by atoms with E-state index in [-0.39, 0.29) is 16.9 Å². The number of aromatic hydroxyl groups is 2. The van der Waals surface area contributed by atoms with Gasteiger partial charge in [-0.25, -0.2) is 0 Å². The van der Waals surface area contributed by atoms with Crippen molar-refractivity contribution >= 4 is 12.7 Å². The summed E-state index contributed by atoms with van der Waals surface area (Å²) in [5, 5.41) is 19.4. The van der Waals surface area contributed by atoms with Gasteiger partial charge in [0.1, 0.15) is 11.5 Å². The van der Waals surface area contributed by atoms with Gasteiger partial charge in [-0.05, 0) is 47.9 Å². The molecule has 0 aliphatic carbocycles. The molecule has 0 aliphatic heterocycles. The highest BCUT2D eigenvalue weighted by atomic mass is 16.3. The Balaban J connectivity index is 2.08. The van der Waals surface area contributed by atoms with Crippen molar-refractivity contribution in [3.05, 3.63) is 89.5 Å². The van der Waals surface area contributed by atoms with Crippen molar-refractivity contribution in [2.75, 3.05) is 0 Å². The van der Waals surface area contributed by atoms with E-state index in [0.29, 0.717) is 0 Å². The molecule has 1 radical (unpaired) electrons. The van der Waals surface area contributed by atoms with Gasteiger partial charge in [0.15, 0.2) is 7.28 Å². The van der Waals surface area contributed by atoms with E-state index >= 15 is 0 Å². The molecule has 0 heterocycles. The molecule has 0 amide bonds. The first-order valence-electron chi connectivity index (χ1n) is 9.07. The molecule has 3 aromatic rings. The minimum absolute atomic E-state index is 0.256. The summed E-state index contributed by atoms with van der Waals surface area (Å²) in [6.07, 6.45) is 2.22. The average molecular weight is 343 g/mol. The zero-order valence-corrected chi connectivity index (χ0v) is 15.3. The molecule has 0 atom stereocenters. The molecule has 0 aliphatic rings. The van der Waals surface area contributed by atoms with E-state index in [4.69, 9.17) is 0 Å². The lowest BCUT2D eigenvalue weighted by atomic mass is 9.65. The zero-order chi connectivity index (χ0) is 18.6. The van der Waals surface area contributed by atoms with Crippen molar-refractivity contribution in [2.45, 2.75) is 32.0 Å². The summed E-state index contributed by atoms with van der Waals surface area (Å²) in [6.45, 7) is 4.36. The topological polar surface area (TPSA) is 40.5 Å². The number of hydrogen-bond donors (Lipinski definition) is 2. The van der Waals surface area contributed by atoms with E-state index in [9.17, 15) is 10.2 Å². The number of hydrogen-bond acceptors (Lipinski definition) is 2. The number of phenols is 2. The van der Waals surface area contributed by atoms with Gasteiger partial charge in [0, 0.05) is 5.41 Å². The van der Waals surface area contributed by atoms with Crippen molar-refractivity contribution in [1.82, 2.24) is 0 Å². The third-order valence-corrected chi connectivity index (χ3v) is 5.05. The Morgan fingerprint density at radius 2 is 1.08 bits per heavy atom. The summed E-state index contributed by atoms with van der Waals surface area (Å²) < 4.78 is 0. The van der Waals surface area contributed by atoms with Gasteiger partial charge in [0.05, 0.1) is 0 Å². The minimum Gasteiger partial charge on any atom is -0.508 e. The molecule has 2 N–H and O–H groups in total. The Kier molecular flexibility index (Phi) is 5.36. The Morgan fingerprint density at radius 1 is 0.692 bits per heavy atom. The molecule has 0 spiro atoms. The zero-order valence-electron chi connectivity index (χ0n) is 15.3. The summed E-state index contributed by atoms with van der Waals surface area (Å²) >= 11 is 0. The van der Waals surface area contributed by atoms with Gasteiger partial charge in [-0.3, -0.25) is 0 Å². The first-order chi connectivity index (χ1) is 12.5.